The maximum atomic E-state index is 13.8. The fourth-order valence-corrected chi connectivity index (χ4v) is 5.16. The van der Waals surface area contributed by atoms with E-state index >= 15 is 0 Å². The zero-order valence-electron chi connectivity index (χ0n) is 17.3. The molecule has 8 aromatic rings. The Kier molecular flexibility index (Phi) is 2.95. The third kappa shape index (κ3) is 2.05. The molecule has 154 valence electrons. The number of rotatable bonds is 0. The van der Waals surface area contributed by atoms with E-state index in [9.17, 15) is 4.79 Å². The number of benzene rings is 4. The van der Waals surface area contributed by atoms with Crippen LogP contribution in [0.2, 0.25) is 0 Å². The maximum absolute atomic E-state index is 13.8. The van der Waals surface area contributed by atoms with Gasteiger partial charge in [0.15, 0.2) is 11.3 Å². The molecule has 0 unspecified atom stereocenters. The summed E-state index contributed by atoms with van der Waals surface area (Å²) in [6.45, 7) is 0. The van der Waals surface area contributed by atoms with Gasteiger partial charge in [-0.1, -0.05) is 42.5 Å². The van der Waals surface area contributed by atoms with Crippen LogP contribution in [0.3, 0.4) is 0 Å². The minimum atomic E-state index is -0.0886. The molecule has 1 N–H and O–H groups in total. The van der Waals surface area contributed by atoms with Crippen LogP contribution in [0.15, 0.2) is 89.7 Å². The quantitative estimate of drug-likeness (QED) is 0.260. The summed E-state index contributed by atoms with van der Waals surface area (Å²) in [5, 5.41) is 2.79. The molecule has 6 heteroatoms. The summed E-state index contributed by atoms with van der Waals surface area (Å²) in [5.74, 6) is 0. The van der Waals surface area contributed by atoms with Crippen molar-refractivity contribution in [3.05, 3.63) is 95.3 Å². The summed E-state index contributed by atoms with van der Waals surface area (Å²) in [4.78, 5) is 27.1. The maximum Gasteiger partial charge on any atom is 0.266 e. The summed E-state index contributed by atoms with van der Waals surface area (Å²) < 4.78 is 3.84. The lowest BCUT2D eigenvalue weighted by Gasteiger charge is -2.11. The number of nitrogens with zero attached hydrogens (tertiary/aromatic N) is 4. The molecule has 0 radical (unpaired) electrons. The van der Waals surface area contributed by atoms with Gasteiger partial charge in [0.2, 0.25) is 0 Å². The van der Waals surface area contributed by atoms with Crippen molar-refractivity contribution in [2.75, 3.05) is 0 Å². The molecule has 0 saturated heterocycles. The van der Waals surface area contributed by atoms with Gasteiger partial charge < -0.3 is 4.98 Å². The zero-order chi connectivity index (χ0) is 21.7. The molecule has 0 aliphatic heterocycles. The number of hydrogen-bond donors (Lipinski definition) is 1. The third-order valence-electron chi connectivity index (χ3n) is 6.62. The Balaban J connectivity index is 1.76. The lowest BCUT2D eigenvalue weighted by molar-refractivity contribution is 1.10. The Morgan fingerprint density at radius 2 is 1.24 bits per heavy atom. The van der Waals surface area contributed by atoms with E-state index in [4.69, 9.17) is 9.97 Å². The standard InChI is InChI=1S/C27H15N5O/c33-27-16-8-2-4-10-19(16)29-26-25-30-20-11-5-6-12-22(20)31(25)24-14-21-17(13-23(24)32(26)27)15-7-1-3-9-18(15)28-21/h1-14,28H. The number of imidazole rings is 1. The van der Waals surface area contributed by atoms with Crippen molar-refractivity contribution in [2.45, 2.75) is 0 Å². The van der Waals surface area contributed by atoms with Crippen LogP contribution in [0.25, 0.3) is 66.1 Å². The van der Waals surface area contributed by atoms with E-state index < -0.39 is 0 Å². The Bertz CT molecular complexity index is 2160. The van der Waals surface area contributed by atoms with Gasteiger partial charge in [-0.15, -0.1) is 0 Å². The van der Waals surface area contributed by atoms with Crippen LogP contribution in [0, 0.1) is 0 Å². The first-order valence-corrected chi connectivity index (χ1v) is 10.8. The SMILES string of the molecule is O=c1c2ccccc2nc2c3nc4ccccc4n3c3cc4[nH]c5ccccc5c4cc3n12. The van der Waals surface area contributed by atoms with Crippen molar-refractivity contribution < 1.29 is 0 Å². The van der Waals surface area contributed by atoms with Gasteiger partial charge in [-0.2, -0.15) is 0 Å². The Morgan fingerprint density at radius 3 is 2.15 bits per heavy atom. The first-order valence-electron chi connectivity index (χ1n) is 10.8. The molecule has 0 aliphatic rings. The smallest absolute Gasteiger partial charge is 0.266 e. The molecular weight excluding hydrogens is 410 g/mol. The van der Waals surface area contributed by atoms with Gasteiger partial charge in [0.1, 0.15) is 0 Å². The lowest BCUT2D eigenvalue weighted by atomic mass is 10.1. The molecule has 0 bridgehead atoms. The average molecular weight is 425 g/mol. The summed E-state index contributed by atoms with van der Waals surface area (Å²) in [7, 11) is 0. The van der Waals surface area contributed by atoms with E-state index in [0.717, 1.165) is 43.9 Å². The fraction of sp³-hybridized carbons (Fsp3) is 0. The van der Waals surface area contributed by atoms with Crippen molar-refractivity contribution >= 4 is 66.1 Å². The number of hydrogen-bond acceptors (Lipinski definition) is 3. The van der Waals surface area contributed by atoms with E-state index in [-0.39, 0.29) is 5.56 Å². The number of aromatic amines is 1. The largest absolute Gasteiger partial charge is 0.354 e. The minimum absolute atomic E-state index is 0.0886. The second kappa shape index (κ2) is 5.75. The van der Waals surface area contributed by atoms with Crippen LogP contribution in [0.5, 0.6) is 0 Å². The van der Waals surface area contributed by atoms with Crippen molar-refractivity contribution in [1.29, 1.82) is 0 Å². The fourth-order valence-electron chi connectivity index (χ4n) is 5.16. The predicted molar refractivity (Wildman–Crippen MR) is 132 cm³/mol. The van der Waals surface area contributed by atoms with Gasteiger partial charge in [-0.3, -0.25) is 13.6 Å². The molecule has 4 aromatic carbocycles. The average Bonchev–Trinajstić information content (AvgIpc) is 3.41. The molecule has 6 nitrogen and oxygen atoms in total. The Hall–Kier alpha value is -4.71. The molecule has 0 saturated carbocycles. The molecule has 0 spiro atoms. The Morgan fingerprint density at radius 1 is 0.576 bits per heavy atom. The number of para-hydroxylation sites is 4. The van der Waals surface area contributed by atoms with Crippen molar-refractivity contribution in [2.24, 2.45) is 0 Å². The van der Waals surface area contributed by atoms with Crippen LogP contribution >= 0.6 is 0 Å². The minimum Gasteiger partial charge on any atom is -0.354 e. The van der Waals surface area contributed by atoms with Gasteiger partial charge in [-0.05, 0) is 42.5 Å². The zero-order valence-corrected chi connectivity index (χ0v) is 17.3. The third-order valence-corrected chi connectivity index (χ3v) is 6.62. The highest BCUT2D eigenvalue weighted by molar-refractivity contribution is 6.12. The van der Waals surface area contributed by atoms with Gasteiger partial charge >= 0.3 is 0 Å². The first-order chi connectivity index (χ1) is 16.3. The lowest BCUT2D eigenvalue weighted by Crippen LogP contribution is -2.17. The number of aromatic nitrogens is 5. The van der Waals surface area contributed by atoms with E-state index in [1.807, 2.05) is 54.6 Å². The van der Waals surface area contributed by atoms with Gasteiger partial charge in [0.05, 0.1) is 33.0 Å². The Labute approximate surface area is 185 Å². The molecule has 4 heterocycles. The second-order valence-electron chi connectivity index (χ2n) is 8.41. The summed E-state index contributed by atoms with van der Waals surface area (Å²) in [5.41, 5.74) is 7.45. The molecule has 0 amide bonds. The highest BCUT2D eigenvalue weighted by atomic mass is 16.1. The summed E-state index contributed by atoms with van der Waals surface area (Å²) >= 11 is 0. The van der Waals surface area contributed by atoms with Crippen LogP contribution in [0.1, 0.15) is 0 Å². The predicted octanol–water partition coefficient (Wildman–Crippen LogP) is 5.44. The second-order valence-corrected chi connectivity index (χ2v) is 8.41. The van der Waals surface area contributed by atoms with Gasteiger partial charge in [-0.25, -0.2) is 9.97 Å². The highest BCUT2D eigenvalue weighted by Gasteiger charge is 2.19. The number of H-pyrrole nitrogens is 1. The monoisotopic (exact) mass is 425 g/mol. The number of nitrogens with one attached hydrogen (secondary N) is 1. The molecule has 0 fully saturated rings. The molecule has 0 atom stereocenters. The van der Waals surface area contributed by atoms with Crippen LogP contribution in [-0.2, 0) is 0 Å². The molecule has 4 aromatic heterocycles. The normalized spacial score (nSPS) is 12.4. The number of fused-ring (bicyclic) bond motifs is 12. The van der Waals surface area contributed by atoms with E-state index in [2.05, 4.69) is 39.7 Å². The molecule has 33 heavy (non-hydrogen) atoms. The summed E-state index contributed by atoms with van der Waals surface area (Å²) in [6, 6.07) is 28.0. The molecule has 8 rings (SSSR count). The highest BCUT2D eigenvalue weighted by Crippen LogP contribution is 2.32. The van der Waals surface area contributed by atoms with E-state index in [1.54, 1.807) is 4.40 Å². The van der Waals surface area contributed by atoms with Crippen LogP contribution in [0.4, 0.5) is 0 Å². The topological polar surface area (TPSA) is 67.5 Å². The van der Waals surface area contributed by atoms with Crippen LogP contribution in [-0.4, -0.2) is 23.8 Å². The van der Waals surface area contributed by atoms with Crippen molar-refractivity contribution in [3.63, 3.8) is 0 Å². The molecule has 0 aliphatic carbocycles. The van der Waals surface area contributed by atoms with Crippen LogP contribution < -0.4 is 5.56 Å². The summed E-state index contributed by atoms with van der Waals surface area (Å²) in [6.07, 6.45) is 0. The van der Waals surface area contributed by atoms with E-state index in [0.29, 0.717) is 22.2 Å². The first kappa shape index (κ1) is 16.9. The van der Waals surface area contributed by atoms with Gasteiger partial charge in [0, 0.05) is 21.8 Å². The van der Waals surface area contributed by atoms with Gasteiger partial charge in [0.25, 0.3) is 5.56 Å². The van der Waals surface area contributed by atoms with Crippen molar-refractivity contribution in [3.8, 4) is 0 Å². The van der Waals surface area contributed by atoms with Crippen molar-refractivity contribution in [1.82, 2.24) is 23.8 Å². The molecular formula is C27H15N5O. The van der Waals surface area contributed by atoms with E-state index in [1.165, 1.54) is 0 Å².